The molecule has 0 aliphatic rings. The van der Waals surface area contributed by atoms with Gasteiger partial charge >= 0.3 is 0 Å². The van der Waals surface area contributed by atoms with Gasteiger partial charge in [0.05, 0.1) is 5.75 Å². The number of thioether (sulfide) groups is 1. The highest BCUT2D eigenvalue weighted by Gasteiger charge is 2.30. The lowest BCUT2D eigenvalue weighted by molar-refractivity contribution is -0.139. The molecule has 3 rings (SSSR count). The van der Waals surface area contributed by atoms with Crippen molar-refractivity contribution in [3.05, 3.63) is 107 Å². The minimum atomic E-state index is -0.679. The maximum Gasteiger partial charge on any atom is 0.243 e. The van der Waals surface area contributed by atoms with Gasteiger partial charge in [0.25, 0.3) is 0 Å². The summed E-state index contributed by atoms with van der Waals surface area (Å²) >= 11 is 1.53. The summed E-state index contributed by atoms with van der Waals surface area (Å²) < 4.78 is 13.5. The quantitative estimate of drug-likeness (QED) is 0.357. The van der Waals surface area contributed by atoms with E-state index in [0.29, 0.717) is 12.2 Å². The molecule has 1 N–H and O–H groups in total. The molecule has 0 aromatic heterocycles. The van der Waals surface area contributed by atoms with Gasteiger partial charge < -0.3 is 10.2 Å². The summed E-state index contributed by atoms with van der Waals surface area (Å²) in [6, 6.07) is 25.1. The minimum Gasteiger partial charge on any atom is -0.352 e. The molecule has 0 fully saturated rings. The van der Waals surface area contributed by atoms with Crippen LogP contribution in [0, 0.1) is 5.82 Å². The lowest BCUT2D eigenvalue weighted by Gasteiger charge is -2.32. The van der Waals surface area contributed by atoms with Gasteiger partial charge in [0.1, 0.15) is 11.9 Å². The third kappa shape index (κ3) is 8.55. The first-order chi connectivity index (χ1) is 17.0. The zero-order valence-corrected chi connectivity index (χ0v) is 21.1. The zero-order chi connectivity index (χ0) is 25.0. The van der Waals surface area contributed by atoms with Gasteiger partial charge in [-0.2, -0.15) is 0 Å². The summed E-state index contributed by atoms with van der Waals surface area (Å²) in [5.74, 6) is 0.333. The van der Waals surface area contributed by atoms with Crippen molar-refractivity contribution in [2.75, 3.05) is 5.75 Å². The van der Waals surface area contributed by atoms with Crippen LogP contribution in [-0.4, -0.2) is 34.6 Å². The molecule has 0 saturated heterocycles. The van der Waals surface area contributed by atoms with Crippen molar-refractivity contribution in [3.8, 4) is 0 Å². The van der Waals surface area contributed by atoms with Crippen molar-refractivity contribution in [2.24, 2.45) is 0 Å². The number of rotatable bonds is 12. The molecule has 3 aromatic carbocycles. The van der Waals surface area contributed by atoms with E-state index in [4.69, 9.17) is 0 Å². The average Bonchev–Trinajstić information content (AvgIpc) is 2.88. The van der Waals surface area contributed by atoms with Gasteiger partial charge in [-0.1, -0.05) is 79.7 Å². The number of hydrogen-bond acceptors (Lipinski definition) is 3. The van der Waals surface area contributed by atoms with Gasteiger partial charge in [0, 0.05) is 24.8 Å². The summed E-state index contributed by atoms with van der Waals surface area (Å²) in [4.78, 5) is 28.6. The van der Waals surface area contributed by atoms with E-state index in [1.54, 1.807) is 17.0 Å². The lowest BCUT2D eigenvalue weighted by atomic mass is 10.0. The molecule has 35 heavy (non-hydrogen) atoms. The largest absolute Gasteiger partial charge is 0.352 e. The molecule has 0 heterocycles. The first-order valence-electron chi connectivity index (χ1n) is 12.0. The Labute approximate surface area is 211 Å². The van der Waals surface area contributed by atoms with Crippen LogP contribution in [0.2, 0.25) is 0 Å². The van der Waals surface area contributed by atoms with Crippen LogP contribution in [0.3, 0.4) is 0 Å². The zero-order valence-electron chi connectivity index (χ0n) is 20.3. The van der Waals surface area contributed by atoms with Gasteiger partial charge in [-0.05, 0) is 42.2 Å². The fraction of sp³-hybridized carbons (Fsp3) is 0.310. The molecule has 0 saturated carbocycles. The molecule has 0 unspecified atom stereocenters. The van der Waals surface area contributed by atoms with Crippen molar-refractivity contribution >= 4 is 23.6 Å². The summed E-state index contributed by atoms with van der Waals surface area (Å²) in [5, 5.41) is 3.06. The third-order valence-corrected chi connectivity index (χ3v) is 6.86. The second-order valence-electron chi connectivity index (χ2n) is 8.65. The van der Waals surface area contributed by atoms with Crippen LogP contribution in [0.15, 0.2) is 84.9 Å². The first-order valence-corrected chi connectivity index (χ1v) is 13.1. The Bertz CT molecular complexity index is 1060. The van der Waals surface area contributed by atoms with Gasteiger partial charge in [-0.25, -0.2) is 4.39 Å². The van der Waals surface area contributed by atoms with Gasteiger partial charge in [0.15, 0.2) is 0 Å². The molecule has 0 bridgehead atoms. The summed E-state index contributed by atoms with van der Waals surface area (Å²) in [6.45, 7) is 4.20. The number of carbonyl (C=O) groups is 2. The van der Waals surface area contributed by atoms with Crippen molar-refractivity contribution in [1.82, 2.24) is 10.2 Å². The third-order valence-electron chi connectivity index (χ3n) is 5.88. The van der Waals surface area contributed by atoms with Crippen molar-refractivity contribution in [3.63, 3.8) is 0 Å². The van der Waals surface area contributed by atoms with E-state index in [1.165, 1.54) is 23.9 Å². The average molecular weight is 493 g/mol. The van der Waals surface area contributed by atoms with Gasteiger partial charge in [-0.3, -0.25) is 9.59 Å². The monoisotopic (exact) mass is 492 g/mol. The Morgan fingerprint density at radius 1 is 0.886 bits per heavy atom. The molecule has 2 amide bonds. The van der Waals surface area contributed by atoms with Gasteiger partial charge in [-0.15, -0.1) is 11.8 Å². The smallest absolute Gasteiger partial charge is 0.243 e. The Hall–Kier alpha value is -3.12. The standard InChI is InChI=1S/C29H33FN2O2S/c1-3-22(2)31-29(34)27(18-23-10-6-4-7-11-23)32(19-24-14-16-26(30)17-15-24)28(33)21-35-20-25-12-8-5-9-13-25/h4-17,22,27H,3,18-21H2,1-2H3,(H,31,34)/t22-,27+/m1/s1. The van der Waals surface area contributed by atoms with E-state index in [2.05, 4.69) is 5.32 Å². The lowest BCUT2D eigenvalue weighted by Crippen LogP contribution is -2.52. The topological polar surface area (TPSA) is 49.4 Å². The molecule has 184 valence electrons. The van der Waals surface area contributed by atoms with E-state index in [0.717, 1.165) is 23.1 Å². The number of halogens is 1. The molecule has 0 aliphatic heterocycles. The maximum atomic E-state index is 13.5. The van der Waals surface area contributed by atoms with Crippen LogP contribution in [0.4, 0.5) is 4.39 Å². The fourth-order valence-electron chi connectivity index (χ4n) is 3.69. The summed E-state index contributed by atoms with van der Waals surface area (Å²) in [6.07, 6.45) is 1.20. The molecule has 0 spiro atoms. The van der Waals surface area contributed by atoms with E-state index in [-0.39, 0.29) is 36.0 Å². The Kier molecular flexibility index (Phi) is 10.4. The van der Waals surface area contributed by atoms with E-state index in [9.17, 15) is 14.0 Å². The molecular weight excluding hydrogens is 459 g/mol. The number of benzene rings is 3. The molecule has 2 atom stereocenters. The first kappa shape index (κ1) is 26.5. The Morgan fingerprint density at radius 2 is 1.49 bits per heavy atom. The second-order valence-corrected chi connectivity index (χ2v) is 9.64. The molecule has 0 aliphatic carbocycles. The van der Waals surface area contributed by atoms with Crippen LogP contribution < -0.4 is 5.32 Å². The molecule has 0 radical (unpaired) electrons. The van der Waals surface area contributed by atoms with Crippen LogP contribution >= 0.6 is 11.8 Å². The fourth-order valence-corrected chi connectivity index (χ4v) is 4.57. The predicted molar refractivity (Wildman–Crippen MR) is 141 cm³/mol. The van der Waals surface area contributed by atoms with Crippen LogP contribution in [-0.2, 0) is 28.3 Å². The Balaban J connectivity index is 1.85. The number of nitrogens with one attached hydrogen (secondary N) is 1. The molecule has 4 nitrogen and oxygen atoms in total. The minimum absolute atomic E-state index is 0.00370. The van der Waals surface area contributed by atoms with E-state index in [1.807, 2.05) is 74.5 Å². The highest BCUT2D eigenvalue weighted by atomic mass is 32.2. The maximum absolute atomic E-state index is 13.5. The highest BCUT2D eigenvalue weighted by molar-refractivity contribution is 7.99. The molecule has 3 aromatic rings. The summed E-state index contributed by atoms with van der Waals surface area (Å²) in [7, 11) is 0. The van der Waals surface area contributed by atoms with Crippen LogP contribution in [0.5, 0.6) is 0 Å². The summed E-state index contributed by atoms with van der Waals surface area (Å²) in [5.41, 5.74) is 2.90. The number of nitrogens with zero attached hydrogens (tertiary/aromatic N) is 1. The van der Waals surface area contributed by atoms with Crippen LogP contribution in [0.25, 0.3) is 0 Å². The van der Waals surface area contributed by atoms with E-state index < -0.39 is 6.04 Å². The SMILES string of the molecule is CC[C@@H](C)NC(=O)[C@H](Cc1ccccc1)N(Cc1ccc(F)cc1)C(=O)CSCc1ccccc1. The van der Waals surface area contributed by atoms with Crippen molar-refractivity contribution in [2.45, 2.75) is 51.1 Å². The number of amides is 2. The second kappa shape index (κ2) is 13.7. The molecule has 6 heteroatoms. The molecular formula is C29H33FN2O2S. The van der Waals surface area contributed by atoms with Crippen molar-refractivity contribution in [1.29, 1.82) is 0 Å². The highest BCUT2D eigenvalue weighted by Crippen LogP contribution is 2.19. The number of carbonyl (C=O) groups excluding carboxylic acids is 2. The van der Waals surface area contributed by atoms with Crippen molar-refractivity contribution < 1.29 is 14.0 Å². The Morgan fingerprint density at radius 3 is 2.09 bits per heavy atom. The van der Waals surface area contributed by atoms with Gasteiger partial charge in [0.2, 0.25) is 11.8 Å². The predicted octanol–water partition coefficient (Wildman–Crippen LogP) is 5.61. The normalized spacial score (nSPS) is 12.5. The van der Waals surface area contributed by atoms with Crippen LogP contribution in [0.1, 0.15) is 37.0 Å². The number of hydrogen-bond donors (Lipinski definition) is 1. The van der Waals surface area contributed by atoms with E-state index >= 15 is 0 Å².